The summed E-state index contributed by atoms with van der Waals surface area (Å²) in [6.07, 6.45) is 10.7. The minimum Gasteiger partial charge on any atom is -0.496 e. The Morgan fingerprint density at radius 3 is 2.44 bits per heavy atom. The molecule has 1 aromatic carbocycles. The number of aromatic nitrogens is 1. The van der Waals surface area contributed by atoms with Crippen LogP contribution < -0.4 is 14.8 Å². The van der Waals surface area contributed by atoms with Gasteiger partial charge in [0.2, 0.25) is 5.91 Å². The molecule has 7 aliphatic rings. The number of ether oxygens (including phenoxy) is 1. The largest absolute Gasteiger partial charge is 0.496 e. The maximum absolute atomic E-state index is 15.0. The molecule has 4 atom stereocenters. The van der Waals surface area contributed by atoms with E-state index in [1.54, 1.807) is 7.11 Å². The SMILES string of the molecule is COc1ccc(C2CCCCC2)c2c1cc1n2CC2=C(C(=O)NS(=O)(=O)N(C)C)C2=C2C=CC[C@@H](C(=O)N3CC45CNCC4(CN(C)C5)C3)C21. The van der Waals surface area contributed by atoms with Crippen LogP contribution in [0.5, 0.6) is 5.75 Å². The highest BCUT2D eigenvalue weighted by Gasteiger charge is 2.65. The second kappa shape index (κ2) is 11.3. The fourth-order valence-corrected chi connectivity index (χ4v) is 11.5. The van der Waals surface area contributed by atoms with Crippen LogP contribution in [-0.2, 0) is 26.3 Å². The van der Waals surface area contributed by atoms with Gasteiger partial charge >= 0.3 is 10.2 Å². The van der Waals surface area contributed by atoms with Crippen molar-refractivity contribution in [2.75, 3.05) is 67.5 Å². The maximum atomic E-state index is 15.0. The van der Waals surface area contributed by atoms with E-state index in [1.165, 1.54) is 38.9 Å². The molecule has 0 bridgehead atoms. The van der Waals surface area contributed by atoms with Crippen molar-refractivity contribution in [1.29, 1.82) is 0 Å². The third-order valence-corrected chi connectivity index (χ3v) is 14.6. The molecule has 50 heavy (non-hydrogen) atoms. The number of likely N-dealkylation sites (tertiary alicyclic amines) is 2. The van der Waals surface area contributed by atoms with Gasteiger partial charge in [-0.3, -0.25) is 9.59 Å². The summed E-state index contributed by atoms with van der Waals surface area (Å²) in [7, 11) is 2.73. The first-order valence-electron chi connectivity index (χ1n) is 18.2. The molecule has 4 aliphatic heterocycles. The number of allylic oxidation sites excluding steroid dienone is 4. The first-order valence-corrected chi connectivity index (χ1v) is 19.7. The lowest BCUT2D eigenvalue weighted by molar-refractivity contribution is -0.135. The van der Waals surface area contributed by atoms with Crippen LogP contribution in [0.4, 0.5) is 0 Å². The first-order chi connectivity index (χ1) is 24.0. The minimum absolute atomic E-state index is 0.0677. The highest BCUT2D eigenvalue weighted by Crippen LogP contribution is 2.57. The van der Waals surface area contributed by atoms with Crippen molar-refractivity contribution in [3.63, 3.8) is 0 Å². The summed E-state index contributed by atoms with van der Waals surface area (Å²) in [5.74, 6) is 0.152. The van der Waals surface area contributed by atoms with Crippen molar-refractivity contribution in [3.8, 4) is 5.75 Å². The van der Waals surface area contributed by atoms with E-state index in [9.17, 15) is 18.0 Å². The molecular weight excluding hydrogens is 653 g/mol. The van der Waals surface area contributed by atoms with Crippen molar-refractivity contribution in [3.05, 3.63) is 63.9 Å². The van der Waals surface area contributed by atoms with E-state index >= 15 is 0 Å². The number of nitrogens with zero attached hydrogens (tertiary/aromatic N) is 4. The summed E-state index contributed by atoms with van der Waals surface area (Å²) in [5.41, 5.74) is 6.65. The van der Waals surface area contributed by atoms with E-state index in [-0.39, 0.29) is 28.6 Å². The number of rotatable bonds is 6. The molecular formula is C38H48N6O5S. The average molecular weight is 701 g/mol. The highest BCUT2D eigenvalue weighted by atomic mass is 32.2. The van der Waals surface area contributed by atoms with Gasteiger partial charge in [0.1, 0.15) is 5.75 Å². The van der Waals surface area contributed by atoms with Crippen molar-refractivity contribution in [2.24, 2.45) is 16.7 Å². The normalized spacial score (nSPS) is 30.7. The number of carbonyl (C=O) groups is 2. The Kier molecular flexibility index (Phi) is 7.32. The molecule has 2 amide bonds. The lowest BCUT2D eigenvalue weighted by Crippen LogP contribution is -2.44. The Morgan fingerprint density at radius 1 is 1.04 bits per heavy atom. The Morgan fingerprint density at radius 2 is 1.76 bits per heavy atom. The van der Waals surface area contributed by atoms with Gasteiger partial charge in [-0.15, -0.1) is 0 Å². The number of hydrogen-bond acceptors (Lipinski definition) is 7. The molecule has 2 aromatic rings. The van der Waals surface area contributed by atoms with E-state index in [0.29, 0.717) is 24.5 Å². The van der Waals surface area contributed by atoms with Crippen molar-refractivity contribution < 1.29 is 22.7 Å². The Balaban J connectivity index is 1.18. The summed E-state index contributed by atoms with van der Waals surface area (Å²) >= 11 is 0. The third-order valence-electron chi connectivity index (χ3n) is 13.2. The van der Waals surface area contributed by atoms with Gasteiger partial charge in [-0.05, 0) is 66.6 Å². The van der Waals surface area contributed by atoms with Crippen molar-refractivity contribution in [2.45, 2.75) is 56.9 Å². The van der Waals surface area contributed by atoms with E-state index in [4.69, 9.17) is 4.74 Å². The van der Waals surface area contributed by atoms with Crippen molar-refractivity contribution in [1.82, 2.24) is 28.7 Å². The van der Waals surface area contributed by atoms with Crippen LogP contribution in [0.3, 0.4) is 0 Å². The van der Waals surface area contributed by atoms with Gasteiger partial charge in [-0.25, -0.2) is 4.72 Å². The molecule has 4 fully saturated rings. The second-order valence-electron chi connectivity index (χ2n) is 16.3. The molecule has 9 rings (SSSR count). The van der Waals surface area contributed by atoms with Crippen LogP contribution in [0.15, 0.2) is 52.6 Å². The lowest BCUT2D eigenvalue weighted by Gasteiger charge is -2.34. The molecule has 0 radical (unpaired) electrons. The predicted octanol–water partition coefficient (Wildman–Crippen LogP) is 3.26. The van der Waals surface area contributed by atoms with Crippen LogP contribution in [0.1, 0.15) is 61.6 Å². The molecule has 3 saturated heterocycles. The standard InChI is InChI=1S/C38H48N6O5S/c1-41(2)50(47,48)40-35(45)33-28-16-44-29(15-27-30(49-4)14-13-24(34(27)44)23-9-6-5-7-10-23)31-25(32(28)33)11-8-12-26(31)36(46)43-21-37-17-39-18-38(37,22-43)20-42(3)19-37/h8,11,13-15,23,26,31,39H,5-7,9-10,12,16-22H2,1-4H3,(H,40,45)/t26-,31?,37?,38?/m1/s1. The molecule has 12 heteroatoms. The molecule has 3 aliphatic carbocycles. The fourth-order valence-electron chi connectivity index (χ4n) is 10.9. The van der Waals surface area contributed by atoms with Gasteiger partial charge in [0.05, 0.1) is 24.1 Å². The quantitative estimate of drug-likeness (QED) is 0.476. The van der Waals surface area contributed by atoms with Crippen LogP contribution in [-0.4, -0.2) is 106 Å². The topological polar surface area (TPSA) is 116 Å². The van der Waals surface area contributed by atoms with E-state index in [2.05, 4.69) is 61.8 Å². The number of methoxy groups -OCH3 is 1. The van der Waals surface area contributed by atoms with Gasteiger partial charge < -0.3 is 24.4 Å². The molecule has 1 saturated carbocycles. The van der Waals surface area contributed by atoms with Gasteiger partial charge in [0, 0.05) is 87.7 Å². The summed E-state index contributed by atoms with van der Waals surface area (Å²) in [6, 6.07) is 6.55. The summed E-state index contributed by atoms with van der Waals surface area (Å²) in [4.78, 5) is 33.3. The average Bonchev–Trinajstić information content (AvgIpc) is 3.22. The highest BCUT2D eigenvalue weighted by molar-refractivity contribution is 7.87. The monoisotopic (exact) mass is 700 g/mol. The van der Waals surface area contributed by atoms with Gasteiger partial charge in [0.15, 0.2) is 0 Å². The maximum Gasteiger partial charge on any atom is 0.303 e. The van der Waals surface area contributed by atoms with Gasteiger partial charge in [-0.2, -0.15) is 12.7 Å². The van der Waals surface area contributed by atoms with E-state index in [1.807, 2.05) is 0 Å². The summed E-state index contributed by atoms with van der Waals surface area (Å²) in [6.45, 7) is 5.80. The Bertz CT molecular complexity index is 2020. The van der Waals surface area contributed by atoms with Gasteiger partial charge in [-0.1, -0.05) is 37.5 Å². The number of carbonyl (C=O) groups excluding carboxylic acids is 2. The number of benzene rings is 1. The summed E-state index contributed by atoms with van der Waals surface area (Å²) < 4.78 is 37.2. The Hall–Kier alpha value is -3.45. The smallest absolute Gasteiger partial charge is 0.303 e. The number of nitrogens with one attached hydrogen (secondary N) is 2. The molecule has 2 N–H and O–H groups in total. The van der Waals surface area contributed by atoms with Crippen molar-refractivity contribution >= 4 is 32.9 Å². The van der Waals surface area contributed by atoms with E-state index in [0.717, 1.165) is 95.5 Å². The zero-order chi connectivity index (χ0) is 34.7. The molecule has 3 unspecified atom stereocenters. The number of hydrogen-bond donors (Lipinski definition) is 2. The van der Waals surface area contributed by atoms with Crippen LogP contribution in [0, 0.1) is 16.7 Å². The molecule has 5 heterocycles. The second-order valence-corrected chi connectivity index (χ2v) is 18.1. The summed E-state index contributed by atoms with van der Waals surface area (Å²) in [5, 5.41) is 4.69. The predicted molar refractivity (Wildman–Crippen MR) is 191 cm³/mol. The van der Waals surface area contributed by atoms with Crippen LogP contribution in [0.25, 0.3) is 10.9 Å². The van der Waals surface area contributed by atoms with Crippen LogP contribution in [0.2, 0.25) is 0 Å². The molecule has 11 nitrogen and oxygen atoms in total. The molecule has 1 aromatic heterocycles. The third kappa shape index (κ3) is 4.60. The van der Waals surface area contributed by atoms with Gasteiger partial charge in [0.25, 0.3) is 5.91 Å². The number of fused-ring (bicyclic) bond motifs is 6. The van der Waals surface area contributed by atoms with Crippen LogP contribution >= 0.6 is 0 Å². The Labute approximate surface area is 294 Å². The first kappa shape index (κ1) is 32.5. The zero-order valence-electron chi connectivity index (χ0n) is 29.5. The minimum atomic E-state index is -3.99. The molecule has 266 valence electrons. The lowest BCUT2D eigenvalue weighted by atomic mass is 9.71. The molecule has 0 spiro atoms. The van der Waals surface area contributed by atoms with E-state index < -0.39 is 16.1 Å². The zero-order valence-corrected chi connectivity index (χ0v) is 30.4. The fraction of sp³-hybridized carbons (Fsp3) is 0.579. The number of amides is 2.